The van der Waals surface area contributed by atoms with Crippen LogP contribution in [0.3, 0.4) is 0 Å². The Hall–Kier alpha value is -1.51. The maximum absolute atomic E-state index is 13.2. The highest BCUT2D eigenvalue weighted by atomic mass is 19.1. The van der Waals surface area contributed by atoms with Gasteiger partial charge in [-0.05, 0) is 24.5 Å². The molecular formula is C12H11FO2. The summed E-state index contributed by atoms with van der Waals surface area (Å²) in [5.74, 6) is -1.31. The van der Waals surface area contributed by atoms with Crippen molar-refractivity contribution >= 4 is 11.6 Å². The number of hydrogen-bond acceptors (Lipinski definition) is 2. The molecule has 0 atom stereocenters. The van der Waals surface area contributed by atoms with Crippen LogP contribution in [0.25, 0.3) is 0 Å². The smallest absolute Gasteiger partial charge is 0.203 e. The molecule has 2 rings (SSSR count). The first-order valence-corrected chi connectivity index (χ1v) is 4.99. The number of benzene rings is 1. The summed E-state index contributed by atoms with van der Waals surface area (Å²) < 4.78 is 13.2. The van der Waals surface area contributed by atoms with E-state index in [2.05, 4.69) is 0 Å². The fourth-order valence-corrected chi connectivity index (χ4v) is 1.48. The van der Waals surface area contributed by atoms with Gasteiger partial charge in [-0.15, -0.1) is 0 Å². The monoisotopic (exact) mass is 206 g/mol. The zero-order valence-corrected chi connectivity index (χ0v) is 8.20. The molecule has 1 aromatic carbocycles. The summed E-state index contributed by atoms with van der Waals surface area (Å²) >= 11 is 0. The third-order valence-corrected chi connectivity index (χ3v) is 2.53. The highest BCUT2D eigenvalue weighted by Gasteiger charge is 2.33. The number of rotatable bonds is 4. The van der Waals surface area contributed by atoms with Gasteiger partial charge in [0.05, 0.1) is 0 Å². The summed E-state index contributed by atoms with van der Waals surface area (Å²) in [6, 6.07) is 6.05. The van der Waals surface area contributed by atoms with Gasteiger partial charge in [0, 0.05) is 12.3 Å². The zero-order valence-electron chi connectivity index (χ0n) is 8.20. The van der Waals surface area contributed by atoms with Crippen molar-refractivity contribution < 1.29 is 14.0 Å². The Bertz CT molecular complexity index is 408. The zero-order chi connectivity index (χ0) is 10.8. The minimum atomic E-state index is -0.470. The lowest BCUT2D eigenvalue weighted by molar-refractivity contribution is -0.136. The predicted octanol–water partition coefficient (Wildman–Crippen LogP) is 1.92. The summed E-state index contributed by atoms with van der Waals surface area (Å²) in [5.41, 5.74) is 0.302. The molecule has 1 aliphatic rings. The summed E-state index contributed by atoms with van der Waals surface area (Å²) in [4.78, 5) is 22.8. The highest BCUT2D eigenvalue weighted by molar-refractivity contribution is 6.38. The summed E-state index contributed by atoms with van der Waals surface area (Å²) in [6.07, 6.45) is 1.51. The van der Waals surface area contributed by atoms with Crippen LogP contribution in [0.1, 0.15) is 18.4 Å². The SMILES string of the molecule is O=C(Cc1ccccc1F)C(=O)C1CC1. The molecular weight excluding hydrogens is 195 g/mol. The quantitative estimate of drug-likeness (QED) is 0.705. The number of hydrogen-bond donors (Lipinski definition) is 0. The van der Waals surface area contributed by atoms with Crippen molar-refractivity contribution in [3.63, 3.8) is 0 Å². The van der Waals surface area contributed by atoms with Crippen molar-refractivity contribution in [2.75, 3.05) is 0 Å². The standard InChI is InChI=1S/C12H11FO2/c13-10-4-2-1-3-9(10)7-11(14)12(15)8-5-6-8/h1-4,8H,5-7H2. The maximum Gasteiger partial charge on any atom is 0.203 e. The van der Waals surface area contributed by atoms with Gasteiger partial charge in [-0.1, -0.05) is 18.2 Å². The molecule has 3 heteroatoms. The normalized spacial score (nSPS) is 15.0. The van der Waals surface area contributed by atoms with Crippen molar-refractivity contribution in [2.24, 2.45) is 5.92 Å². The van der Waals surface area contributed by atoms with E-state index >= 15 is 0 Å². The van der Waals surface area contributed by atoms with Gasteiger partial charge in [0.1, 0.15) is 5.82 Å². The van der Waals surface area contributed by atoms with E-state index in [1.807, 2.05) is 0 Å². The molecule has 1 aliphatic carbocycles. The second-order valence-electron chi connectivity index (χ2n) is 3.83. The maximum atomic E-state index is 13.2. The van der Waals surface area contributed by atoms with Crippen LogP contribution < -0.4 is 0 Å². The Morgan fingerprint density at radius 3 is 2.53 bits per heavy atom. The summed E-state index contributed by atoms with van der Waals surface area (Å²) in [7, 11) is 0. The molecule has 0 spiro atoms. The van der Waals surface area contributed by atoms with Crippen molar-refractivity contribution in [1.82, 2.24) is 0 Å². The van der Waals surface area contributed by atoms with Crippen molar-refractivity contribution in [3.05, 3.63) is 35.6 Å². The van der Waals surface area contributed by atoms with Gasteiger partial charge in [-0.2, -0.15) is 0 Å². The van der Waals surface area contributed by atoms with Gasteiger partial charge in [-0.25, -0.2) is 4.39 Å². The molecule has 0 aliphatic heterocycles. The lowest BCUT2D eigenvalue weighted by Crippen LogP contribution is -2.18. The number of ketones is 2. The molecule has 0 heterocycles. The minimum Gasteiger partial charge on any atom is -0.291 e. The lowest BCUT2D eigenvalue weighted by Gasteiger charge is -2.00. The number of carbonyl (C=O) groups excluding carboxylic acids is 2. The first kappa shape index (κ1) is 10.0. The molecule has 78 valence electrons. The van der Waals surface area contributed by atoms with Crippen LogP contribution in [-0.4, -0.2) is 11.6 Å². The van der Waals surface area contributed by atoms with E-state index < -0.39 is 11.6 Å². The molecule has 0 bridgehead atoms. The van der Waals surface area contributed by atoms with Crippen LogP contribution in [0.15, 0.2) is 24.3 Å². The molecule has 0 saturated heterocycles. The molecule has 1 fully saturated rings. The van der Waals surface area contributed by atoms with E-state index in [0.29, 0.717) is 5.56 Å². The first-order valence-electron chi connectivity index (χ1n) is 4.99. The van der Waals surface area contributed by atoms with E-state index in [1.54, 1.807) is 12.1 Å². The Morgan fingerprint density at radius 1 is 1.27 bits per heavy atom. The van der Waals surface area contributed by atoms with Crippen LogP contribution in [0.5, 0.6) is 0 Å². The number of carbonyl (C=O) groups is 2. The molecule has 2 nitrogen and oxygen atoms in total. The van der Waals surface area contributed by atoms with E-state index in [9.17, 15) is 14.0 Å². The predicted molar refractivity (Wildman–Crippen MR) is 52.8 cm³/mol. The molecule has 0 aromatic heterocycles. The van der Waals surface area contributed by atoms with Gasteiger partial charge in [0.2, 0.25) is 11.6 Å². The summed E-state index contributed by atoms with van der Waals surface area (Å²) in [5, 5.41) is 0. The average molecular weight is 206 g/mol. The highest BCUT2D eigenvalue weighted by Crippen LogP contribution is 2.30. The second kappa shape index (κ2) is 3.93. The van der Waals surface area contributed by atoms with Crippen molar-refractivity contribution in [3.8, 4) is 0 Å². The lowest BCUT2D eigenvalue weighted by atomic mass is 10.0. The van der Waals surface area contributed by atoms with E-state index in [1.165, 1.54) is 12.1 Å². The molecule has 1 saturated carbocycles. The van der Waals surface area contributed by atoms with Crippen LogP contribution in [-0.2, 0) is 16.0 Å². The molecule has 0 amide bonds. The Balaban J connectivity index is 2.05. The minimum absolute atomic E-state index is 0.0794. The number of Topliss-reactive ketones (excluding diaryl/α,β-unsaturated/α-hetero) is 2. The van der Waals surface area contributed by atoms with Gasteiger partial charge >= 0.3 is 0 Å². The van der Waals surface area contributed by atoms with Crippen molar-refractivity contribution in [1.29, 1.82) is 0 Å². The Kier molecular flexibility index (Phi) is 2.62. The van der Waals surface area contributed by atoms with E-state index in [0.717, 1.165) is 12.8 Å². The third kappa shape index (κ3) is 2.29. The van der Waals surface area contributed by atoms with Gasteiger partial charge in [0.25, 0.3) is 0 Å². The molecule has 15 heavy (non-hydrogen) atoms. The fraction of sp³-hybridized carbons (Fsp3) is 0.333. The van der Waals surface area contributed by atoms with Gasteiger partial charge in [0.15, 0.2) is 0 Å². The van der Waals surface area contributed by atoms with Crippen LogP contribution in [0.2, 0.25) is 0 Å². The topological polar surface area (TPSA) is 34.1 Å². The van der Waals surface area contributed by atoms with Crippen LogP contribution in [0, 0.1) is 11.7 Å². The molecule has 0 N–H and O–H groups in total. The Labute approximate surface area is 87.1 Å². The molecule has 1 aromatic rings. The average Bonchev–Trinajstić information content (AvgIpc) is 3.04. The molecule has 0 radical (unpaired) electrons. The second-order valence-corrected chi connectivity index (χ2v) is 3.83. The number of halogens is 1. The van der Waals surface area contributed by atoms with Crippen LogP contribution >= 0.6 is 0 Å². The Morgan fingerprint density at radius 2 is 1.93 bits per heavy atom. The largest absolute Gasteiger partial charge is 0.291 e. The van der Waals surface area contributed by atoms with Crippen LogP contribution in [0.4, 0.5) is 4.39 Å². The third-order valence-electron chi connectivity index (χ3n) is 2.53. The van der Waals surface area contributed by atoms with Gasteiger partial charge in [-0.3, -0.25) is 9.59 Å². The van der Waals surface area contributed by atoms with Gasteiger partial charge < -0.3 is 0 Å². The van der Waals surface area contributed by atoms with Crippen molar-refractivity contribution in [2.45, 2.75) is 19.3 Å². The van der Waals surface area contributed by atoms with E-state index in [-0.39, 0.29) is 18.1 Å². The van der Waals surface area contributed by atoms with E-state index in [4.69, 9.17) is 0 Å². The summed E-state index contributed by atoms with van der Waals surface area (Å²) in [6.45, 7) is 0. The molecule has 0 unspecified atom stereocenters. The fourth-order valence-electron chi connectivity index (χ4n) is 1.48. The first-order chi connectivity index (χ1) is 7.18.